The number of carbonyl (C=O) groups excluding carboxylic acids is 2. The van der Waals surface area contributed by atoms with Crippen LogP contribution in [0.4, 0.5) is 0 Å². The first-order valence-electron chi connectivity index (χ1n) is 8.61. The van der Waals surface area contributed by atoms with Gasteiger partial charge in [-0.1, -0.05) is 48.0 Å². The highest BCUT2D eigenvalue weighted by Gasteiger charge is 2.47. The van der Waals surface area contributed by atoms with Gasteiger partial charge in [0, 0.05) is 0 Å². The van der Waals surface area contributed by atoms with Crippen LogP contribution in [0.5, 0.6) is 0 Å². The van der Waals surface area contributed by atoms with E-state index in [0.717, 1.165) is 9.87 Å². The molecule has 0 aliphatic carbocycles. The molecule has 1 amide bonds. The molecule has 1 aliphatic rings. The first-order valence-corrected chi connectivity index (χ1v) is 10.1. The number of sulfonamides is 1. The third kappa shape index (κ3) is 3.73. The van der Waals surface area contributed by atoms with Crippen molar-refractivity contribution in [2.24, 2.45) is 5.92 Å². The van der Waals surface area contributed by atoms with E-state index < -0.39 is 33.9 Å². The molecule has 0 N–H and O–H groups in total. The summed E-state index contributed by atoms with van der Waals surface area (Å²) in [5, 5.41) is 0. The van der Waals surface area contributed by atoms with Gasteiger partial charge in [0.25, 0.3) is 10.0 Å². The van der Waals surface area contributed by atoms with Gasteiger partial charge in [0.1, 0.15) is 0 Å². The number of benzene rings is 2. The first kappa shape index (κ1) is 19.1. The van der Waals surface area contributed by atoms with Crippen LogP contribution in [0, 0.1) is 12.8 Å². The van der Waals surface area contributed by atoms with Crippen molar-refractivity contribution in [3.63, 3.8) is 0 Å². The standard InChI is InChI=1S/C20H21NO5S/c1-14-8-10-17(11-9-14)27(24,25)21-18(15-6-4-3-5-7-15)12-16(20(21)23)13-19(22)26-2/h3-11,16,18H,12-13H2,1-2H3. The van der Waals surface area contributed by atoms with E-state index in [1.807, 2.05) is 13.0 Å². The van der Waals surface area contributed by atoms with Gasteiger partial charge in [0.05, 0.1) is 30.4 Å². The molecule has 2 aromatic carbocycles. The number of amides is 1. The van der Waals surface area contributed by atoms with E-state index in [9.17, 15) is 18.0 Å². The van der Waals surface area contributed by atoms with Crippen molar-refractivity contribution >= 4 is 21.9 Å². The van der Waals surface area contributed by atoms with Crippen LogP contribution in [0.15, 0.2) is 59.5 Å². The van der Waals surface area contributed by atoms with E-state index in [1.165, 1.54) is 19.2 Å². The smallest absolute Gasteiger partial charge is 0.306 e. The summed E-state index contributed by atoms with van der Waals surface area (Å²) >= 11 is 0. The Labute approximate surface area is 158 Å². The van der Waals surface area contributed by atoms with E-state index in [2.05, 4.69) is 4.74 Å². The highest BCUT2D eigenvalue weighted by atomic mass is 32.2. The van der Waals surface area contributed by atoms with E-state index in [4.69, 9.17) is 0 Å². The Morgan fingerprint density at radius 2 is 1.74 bits per heavy atom. The molecule has 3 rings (SSSR count). The van der Waals surface area contributed by atoms with E-state index >= 15 is 0 Å². The normalized spacial score (nSPS) is 19.9. The molecule has 2 aromatic rings. The monoisotopic (exact) mass is 387 g/mol. The lowest BCUT2D eigenvalue weighted by Crippen LogP contribution is -2.36. The van der Waals surface area contributed by atoms with Crippen molar-refractivity contribution in [2.75, 3.05) is 7.11 Å². The van der Waals surface area contributed by atoms with Gasteiger partial charge in [-0.05, 0) is 31.0 Å². The van der Waals surface area contributed by atoms with Crippen molar-refractivity contribution in [3.8, 4) is 0 Å². The summed E-state index contributed by atoms with van der Waals surface area (Å²) < 4.78 is 32.1. The lowest BCUT2D eigenvalue weighted by atomic mass is 9.97. The molecule has 7 heteroatoms. The predicted molar refractivity (Wildman–Crippen MR) is 99.1 cm³/mol. The molecular weight excluding hydrogens is 366 g/mol. The molecule has 1 heterocycles. The molecular formula is C20H21NO5S. The average Bonchev–Trinajstić information content (AvgIpc) is 2.99. The van der Waals surface area contributed by atoms with Crippen LogP contribution in [0.3, 0.4) is 0 Å². The molecule has 0 saturated carbocycles. The Morgan fingerprint density at radius 1 is 1.11 bits per heavy atom. The maximum Gasteiger partial charge on any atom is 0.306 e. The SMILES string of the molecule is COC(=O)CC1CC(c2ccccc2)N(S(=O)(=O)c2ccc(C)cc2)C1=O. The fourth-order valence-corrected chi connectivity index (χ4v) is 4.95. The summed E-state index contributed by atoms with van der Waals surface area (Å²) in [5.41, 5.74) is 1.64. The van der Waals surface area contributed by atoms with Crippen LogP contribution in [-0.2, 0) is 24.3 Å². The number of rotatable bonds is 5. The van der Waals surface area contributed by atoms with Crippen molar-refractivity contribution in [2.45, 2.75) is 30.7 Å². The van der Waals surface area contributed by atoms with Gasteiger partial charge in [0.2, 0.25) is 5.91 Å². The molecule has 2 unspecified atom stereocenters. The van der Waals surface area contributed by atoms with Gasteiger partial charge in [-0.15, -0.1) is 0 Å². The molecule has 0 radical (unpaired) electrons. The van der Waals surface area contributed by atoms with Gasteiger partial charge in [-0.2, -0.15) is 0 Å². The van der Waals surface area contributed by atoms with Gasteiger partial charge in [-0.25, -0.2) is 12.7 Å². The fraction of sp³-hybridized carbons (Fsp3) is 0.300. The van der Waals surface area contributed by atoms with Crippen molar-refractivity contribution < 1.29 is 22.7 Å². The summed E-state index contributed by atoms with van der Waals surface area (Å²) in [6.07, 6.45) is 0.0988. The van der Waals surface area contributed by atoms with Gasteiger partial charge < -0.3 is 4.74 Å². The minimum Gasteiger partial charge on any atom is -0.469 e. The molecule has 27 heavy (non-hydrogen) atoms. The maximum atomic E-state index is 13.2. The minimum atomic E-state index is -4.05. The van der Waals surface area contributed by atoms with E-state index in [-0.39, 0.29) is 17.7 Å². The zero-order chi connectivity index (χ0) is 19.6. The average molecular weight is 387 g/mol. The number of aryl methyl sites for hydroxylation is 1. The van der Waals surface area contributed by atoms with Crippen LogP contribution in [0.2, 0.25) is 0 Å². The van der Waals surface area contributed by atoms with Crippen molar-refractivity contribution in [1.82, 2.24) is 4.31 Å². The van der Waals surface area contributed by atoms with E-state index in [1.54, 1.807) is 36.4 Å². The lowest BCUT2D eigenvalue weighted by molar-refractivity contribution is -0.144. The summed E-state index contributed by atoms with van der Waals surface area (Å²) in [6, 6.07) is 14.7. The number of hydrogen-bond donors (Lipinski definition) is 0. The van der Waals surface area contributed by atoms with Crippen LogP contribution >= 0.6 is 0 Å². The van der Waals surface area contributed by atoms with Crippen LogP contribution in [-0.4, -0.2) is 31.7 Å². The lowest BCUT2D eigenvalue weighted by Gasteiger charge is -2.24. The highest BCUT2D eigenvalue weighted by molar-refractivity contribution is 7.89. The van der Waals surface area contributed by atoms with Crippen molar-refractivity contribution in [3.05, 3.63) is 65.7 Å². The number of esters is 1. The van der Waals surface area contributed by atoms with Gasteiger partial charge in [-0.3, -0.25) is 9.59 Å². The Balaban J connectivity index is 2.04. The highest BCUT2D eigenvalue weighted by Crippen LogP contribution is 2.41. The number of nitrogens with zero attached hydrogens (tertiary/aromatic N) is 1. The third-order valence-electron chi connectivity index (χ3n) is 4.76. The molecule has 0 bridgehead atoms. The number of ether oxygens (including phenoxy) is 1. The first-order chi connectivity index (χ1) is 12.8. The summed E-state index contributed by atoms with van der Waals surface area (Å²) in [7, 11) is -2.80. The molecule has 1 saturated heterocycles. The quantitative estimate of drug-likeness (QED) is 0.737. The molecule has 0 spiro atoms. The molecule has 1 aliphatic heterocycles. The molecule has 2 atom stereocenters. The second kappa shape index (κ2) is 7.52. The fourth-order valence-electron chi connectivity index (χ4n) is 3.31. The van der Waals surface area contributed by atoms with Crippen LogP contribution < -0.4 is 0 Å². The van der Waals surface area contributed by atoms with Crippen molar-refractivity contribution in [1.29, 1.82) is 0 Å². The maximum absolute atomic E-state index is 13.2. The van der Waals surface area contributed by atoms with Gasteiger partial charge >= 0.3 is 5.97 Å². The summed E-state index contributed by atoms with van der Waals surface area (Å²) in [5.74, 6) is -1.84. The molecule has 142 valence electrons. The topological polar surface area (TPSA) is 80.8 Å². The summed E-state index contributed by atoms with van der Waals surface area (Å²) in [6.45, 7) is 1.86. The van der Waals surface area contributed by atoms with Crippen LogP contribution in [0.25, 0.3) is 0 Å². The molecule has 6 nitrogen and oxygen atoms in total. The number of carbonyl (C=O) groups is 2. The Bertz CT molecular complexity index is 938. The largest absolute Gasteiger partial charge is 0.469 e. The predicted octanol–water partition coefficient (Wildman–Crippen LogP) is 2.84. The second-order valence-electron chi connectivity index (χ2n) is 6.59. The Morgan fingerprint density at radius 3 is 2.33 bits per heavy atom. The van der Waals surface area contributed by atoms with Gasteiger partial charge in [0.15, 0.2) is 0 Å². The molecule has 1 fully saturated rings. The number of hydrogen-bond acceptors (Lipinski definition) is 5. The number of methoxy groups -OCH3 is 1. The Hall–Kier alpha value is -2.67. The molecule has 0 aromatic heterocycles. The summed E-state index contributed by atoms with van der Waals surface area (Å²) in [4.78, 5) is 24.7. The zero-order valence-electron chi connectivity index (χ0n) is 15.2. The van der Waals surface area contributed by atoms with E-state index in [0.29, 0.717) is 5.56 Å². The second-order valence-corrected chi connectivity index (χ2v) is 8.41. The third-order valence-corrected chi connectivity index (χ3v) is 6.58. The zero-order valence-corrected chi connectivity index (χ0v) is 16.0. The Kier molecular flexibility index (Phi) is 5.32. The minimum absolute atomic E-state index is 0.0566. The van der Waals surface area contributed by atoms with Crippen LogP contribution in [0.1, 0.15) is 30.0 Å².